The van der Waals surface area contributed by atoms with Gasteiger partial charge in [0, 0.05) is 12.2 Å². The van der Waals surface area contributed by atoms with Crippen molar-refractivity contribution in [1.29, 1.82) is 0 Å². The second-order valence-corrected chi connectivity index (χ2v) is 5.66. The Morgan fingerprint density at radius 2 is 1.95 bits per heavy atom. The van der Waals surface area contributed by atoms with Crippen molar-refractivity contribution in [1.82, 2.24) is 4.90 Å². The minimum absolute atomic E-state index is 0.166. The maximum Gasteiger partial charge on any atom is 0.238 e. The quantitative estimate of drug-likeness (QED) is 0.867. The predicted octanol–water partition coefficient (Wildman–Crippen LogP) is 2.00. The van der Waals surface area contributed by atoms with Crippen molar-refractivity contribution < 1.29 is 14.3 Å². The molecule has 4 nitrogen and oxygen atoms in total. The molecule has 2 N–H and O–H groups in total. The van der Waals surface area contributed by atoms with Crippen molar-refractivity contribution in [2.24, 2.45) is 0 Å². The van der Waals surface area contributed by atoms with Gasteiger partial charge in [-0.05, 0) is 44.2 Å². The Hall–Kier alpha value is -1.46. The van der Waals surface area contributed by atoms with E-state index in [4.69, 9.17) is 0 Å². The maximum absolute atomic E-state index is 12.8. The number of rotatable bonds is 5. The lowest BCUT2D eigenvalue weighted by Gasteiger charge is -2.28. The van der Waals surface area contributed by atoms with Crippen LogP contribution in [-0.2, 0) is 4.79 Å². The van der Waals surface area contributed by atoms with Gasteiger partial charge in [-0.3, -0.25) is 9.69 Å². The number of hydrogen-bond acceptors (Lipinski definition) is 3. The number of hydrogen-bond donors (Lipinski definition) is 2. The van der Waals surface area contributed by atoms with Crippen LogP contribution in [0.25, 0.3) is 0 Å². The van der Waals surface area contributed by atoms with E-state index in [1.807, 2.05) is 11.9 Å². The fourth-order valence-corrected chi connectivity index (χ4v) is 2.73. The predicted molar refractivity (Wildman–Crippen MR) is 75.9 cm³/mol. The van der Waals surface area contributed by atoms with Gasteiger partial charge >= 0.3 is 0 Å². The van der Waals surface area contributed by atoms with Gasteiger partial charge < -0.3 is 10.4 Å². The van der Waals surface area contributed by atoms with Crippen LogP contribution in [0.3, 0.4) is 0 Å². The van der Waals surface area contributed by atoms with Crippen LogP contribution in [0.15, 0.2) is 24.3 Å². The third kappa shape index (κ3) is 4.28. The highest BCUT2D eigenvalue weighted by Crippen LogP contribution is 2.29. The largest absolute Gasteiger partial charge is 0.389 e. The van der Waals surface area contributed by atoms with Crippen LogP contribution in [-0.4, -0.2) is 41.7 Å². The Morgan fingerprint density at radius 3 is 2.55 bits per heavy atom. The molecule has 0 atom stereocenters. The van der Waals surface area contributed by atoms with Crippen molar-refractivity contribution >= 4 is 11.6 Å². The van der Waals surface area contributed by atoms with E-state index in [1.165, 1.54) is 24.3 Å². The summed E-state index contributed by atoms with van der Waals surface area (Å²) in [5, 5.41) is 13.0. The first-order valence-electron chi connectivity index (χ1n) is 6.93. The molecule has 1 fully saturated rings. The normalized spacial score (nSPS) is 17.4. The molecule has 1 aromatic rings. The molecule has 0 bridgehead atoms. The Labute approximate surface area is 118 Å². The monoisotopic (exact) mass is 280 g/mol. The van der Waals surface area contributed by atoms with Gasteiger partial charge in [-0.25, -0.2) is 4.39 Å². The van der Waals surface area contributed by atoms with Crippen LogP contribution in [0.2, 0.25) is 0 Å². The average Bonchev–Trinajstić information content (AvgIpc) is 2.78. The summed E-state index contributed by atoms with van der Waals surface area (Å²) in [6.45, 7) is 0.712. The van der Waals surface area contributed by atoms with Crippen molar-refractivity contribution in [3.8, 4) is 0 Å². The zero-order valence-electron chi connectivity index (χ0n) is 11.7. The van der Waals surface area contributed by atoms with Crippen LogP contribution in [0.4, 0.5) is 10.1 Å². The van der Waals surface area contributed by atoms with E-state index in [-0.39, 0.29) is 18.3 Å². The topological polar surface area (TPSA) is 52.6 Å². The van der Waals surface area contributed by atoms with E-state index >= 15 is 0 Å². The zero-order valence-corrected chi connectivity index (χ0v) is 11.7. The molecule has 2 rings (SSSR count). The third-order valence-electron chi connectivity index (χ3n) is 3.64. The van der Waals surface area contributed by atoms with Gasteiger partial charge in [0.2, 0.25) is 5.91 Å². The van der Waals surface area contributed by atoms with Crippen LogP contribution in [0, 0.1) is 5.82 Å². The fourth-order valence-electron chi connectivity index (χ4n) is 2.73. The number of likely N-dealkylation sites (N-methyl/N-ethyl adjacent to an activating group) is 1. The SMILES string of the molecule is CN(CC(=O)Nc1ccc(F)cc1)CC1(O)CCCC1. The molecule has 1 aliphatic rings. The van der Waals surface area contributed by atoms with Crippen LogP contribution < -0.4 is 5.32 Å². The third-order valence-corrected chi connectivity index (χ3v) is 3.64. The first kappa shape index (κ1) is 14.9. The summed E-state index contributed by atoms with van der Waals surface area (Å²) in [5.41, 5.74) is -0.0744. The Kier molecular flexibility index (Phi) is 4.73. The summed E-state index contributed by atoms with van der Waals surface area (Å²) in [6, 6.07) is 5.66. The van der Waals surface area contributed by atoms with E-state index < -0.39 is 5.60 Å². The number of carbonyl (C=O) groups excluding carboxylic acids is 1. The molecule has 0 aliphatic heterocycles. The lowest BCUT2D eigenvalue weighted by atomic mass is 10.0. The first-order valence-corrected chi connectivity index (χ1v) is 6.93. The molecule has 1 amide bonds. The van der Waals surface area contributed by atoms with E-state index in [0.29, 0.717) is 12.2 Å². The first-order chi connectivity index (χ1) is 9.47. The molecule has 1 aromatic carbocycles. The van der Waals surface area contributed by atoms with Crippen LogP contribution >= 0.6 is 0 Å². The molecule has 0 heterocycles. The Bertz CT molecular complexity index is 455. The molecule has 0 saturated heterocycles. The smallest absolute Gasteiger partial charge is 0.238 e. The van der Waals surface area contributed by atoms with Crippen molar-refractivity contribution in [3.63, 3.8) is 0 Å². The number of halogens is 1. The second kappa shape index (κ2) is 6.33. The second-order valence-electron chi connectivity index (χ2n) is 5.66. The standard InChI is InChI=1S/C15H21FN2O2/c1-18(11-15(20)8-2-3-9-15)10-14(19)17-13-6-4-12(16)5-7-13/h4-7,20H,2-3,8-11H2,1H3,(H,17,19). The number of nitrogens with one attached hydrogen (secondary N) is 1. The number of amides is 1. The molecule has 110 valence electrons. The highest BCUT2D eigenvalue weighted by Gasteiger charge is 2.32. The Balaban J connectivity index is 1.80. The van der Waals surface area contributed by atoms with Gasteiger partial charge in [0.1, 0.15) is 5.82 Å². The zero-order chi connectivity index (χ0) is 14.6. The summed E-state index contributed by atoms with van der Waals surface area (Å²) in [4.78, 5) is 13.7. The van der Waals surface area contributed by atoms with Crippen molar-refractivity contribution in [2.45, 2.75) is 31.3 Å². The number of nitrogens with zero attached hydrogens (tertiary/aromatic N) is 1. The number of anilines is 1. The molecule has 1 saturated carbocycles. The average molecular weight is 280 g/mol. The van der Waals surface area contributed by atoms with E-state index in [1.54, 1.807) is 0 Å². The minimum Gasteiger partial charge on any atom is -0.389 e. The lowest BCUT2D eigenvalue weighted by Crippen LogP contribution is -2.42. The maximum atomic E-state index is 12.8. The highest BCUT2D eigenvalue weighted by atomic mass is 19.1. The molecule has 0 aromatic heterocycles. The minimum atomic E-state index is -0.648. The van der Waals surface area contributed by atoms with Crippen LogP contribution in [0.5, 0.6) is 0 Å². The molecule has 0 radical (unpaired) electrons. The van der Waals surface area contributed by atoms with Gasteiger partial charge in [0.05, 0.1) is 12.1 Å². The molecule has 0 unspecified atom stereocenters. The molecule has 20 heavy (non-hydrogen) atoms. The van der Waals surface area contributed by atoms with Gasteiger partial charge in [-0.15, -0.1) is 0 Å². The summed E-state index contributed by atoms with van der Waals surface area (Å²) >= 11 is 0. The van der Waals surface area contributed by atoms with Crippen LogP contribution in [0.1, 0.15) is 25.7 Å². The highest BCUT2D eigenvalue weighted by molar-refractivity contribution is 5.92. The van der Waals surface area contributed by atoms with Crippen molar-refractivity contribution in [3.05, 3.63) is 30.1 Å². The van der Waals surface area contributed by atoms with Gasteiger partial charge in [-0.2, -0.15) is 0 Å². The summed E-state index contributed by atoms with van der Waals surface area (Å²) in [7, 11) is 1.82. The molecule has 5 heteroatoms. The molecular formula is C15H21FN2O2. The van der Waals surface area contributed by atoms with Crippen molar-refractivity contribution in [2.75, 3.05) is 25.5 Å². The van der Waals surface area contributed by atoms with Gasteiger partial charge in [0.25, 0.3) is 0 Å². The number of carbonyl (C=O) groups is 1. The number of benzene rings is 1. The summed E-state index contributed by atoms with van der Waals surface area (Å²) in [5.74, 6) is -0.496. The van der Waals surface area contributed by atoms with Gasteiger partial charge in [-0.1, -0.05) is 12.8 Å². The molecule has 0 spiro atoms. The van der Waals surface area contributed by atoms with Gasteiger partial charge in [0.15, 0.2) is 0 Å². The molecular weight excluding hydrogens is 259 g/mol. The summed E-state index contributed by atoms with van der Waals surface area (Å²) in [6.07, 6.45) is 3.70. The Morgan fingerprint density at radius 1 is 1.35 bits per heavy atom. The summed E-state index contributed by atoms with van der Waals surface area (Å²) < 4.78 is 12.8. The fraction of sp³-hybridized carbons (Fsp3) is 0.533. The van der Waals surface area contributed by atoms with E-state index in [9.17, 15) is 14.3 Å². The number of aliphatic hydroxyl groups is 1. The lowest BCUT2D eigenvalue weighted by molar-refractivity contribution is -0.117. The molecule has 1 aliphatic carbocycles. The van der Waals surface area contributed by atoms with E-state index in [2.05, 4.69) is 5.32 Å². The van der Waals surface area contributed by atoms with E-state index in [0.717, 1.165) is 25.7 Å².